The molecule has 0 saturated heterocycles. The van der Waals surface area contributed by atoms with Gasteiger partial charge in [-0.2, -0.15) is 0 Å². The van der Waals surface area contributed by atoms with E-state index in [1.54, 1.807) is 6.07 Å². The Hall–Kier alpha value is -2.73. The van der Waals surface area contributed by atoms with Gasteiger partial charge in [-0.1, -0.05) is 42.5 Å². The first kappa shape index (κ1) is 14.2. The van der Waals surface area contributed by atoms with Gasteiger partial charge in [-0.25, -0.2) is 4.98 Å². The normalized spacial score (nSPS) is 10.4. The first-order valence-electron chi connectivity index (χ1n) is 6.70. The van der Waals surface area contributed by atoms with Gasteiger partial charge >= 0.3 is 0 Å². The summed E-state index contributed by atoms with van der Waals surface area (Å²) in [5.74, 6) is 0. The van der Waals surface area contributed by atoms with Crippen molar-refractivity contribution in [3.05, 3.63) is 75.7 Å². The molecule has 1 N–H and O–H groups in total. The minimum Gasteiger partial charge on any atom is -0.357 e. The van der Waals surface area contributed by atoms with Gasteiger partial charge in [0.2, 0.25) is 0 Å². The van der Waals surface area contributed by atoms with Crippen LogP contribution in [0.15, 0.2) is 60.0 Å². The van der Waals surface area contributed by atoms with Crippen molar-refractivity contribution in [3.63, 3.8) is 0 Å². The van der Waals surface area contributed by atoms with E-state index in [4.69, 9.17) is 0 Å². The van der Waals surface area contributed by atoms with E-state index in [1.807, 2.05) is 41.8 Å². The fourth-order valence-electron chi connectivity index (χ4n) is 2.04. The summed E-state index contributed by atoms with van der Waals surface area (Å²) in [5.41, 5.74) is 2.74. The lowest BCUT2D eigenvalue weighted by Crippen LogP contribution is -1.98. The first-order chi connectivity index (χ1) is 10.7. The number of nitro benzene ring substituents is 1. The molecule has 0 unspecified atom stereocenters. The summed E-state index contributed by atoms with van der Waals surface area (Å²) < 4.78 is 0. The van der Waals surface area contributed by atoms with Gasteiger partial charge < -0.3 is 5.32 Å². The Morgan fingerprint density at radius 1 is 1.14 bits per heavy atom. The van der Waals surface area contributed by atoms with Crippen LogP contribution in [0.4, 0.5) is 10.8 Å². The molecule has 6 heteroatoms. The van der Waals surface area contributed by atoms with Crippen LogP contribution in [0.2, 0.25) is 0 Å². The third kappa shape index (κ3) is 3.29. The molecule has 0 radical (unpaired) electrons. The number of anilines is 1. The largest absolute Gasteiger partial charge is 0.357 e. The maximum absolute atomic E-state index is 10.8. The number of nitrogens with one attached hydrogen (secondary N) is 1. The molecule has 0 spiro atoms. The zero-order chi connectivity index (χ0) is 15.4. The van der Waals surface area contributed by atoms with Crippen LogP contribution in [0.25, 0.3) is 11.3 Å². The number of aromatic nitrogens is 1. The fraction of sp³-hybridized carbons (Fsp3) is 0.0625. The van der Waals surface area contributed by atoms with E-state index in [-0.39, 0.29) is 5.69 Å². The van der Waals surface area contributed by atoms with Crippen LogP contribution in [-0.4, -0.2) is 9.91 Å². The molecule has 1 aromatic heterocycles. The molecule has 110 valence electrons. The second-order valence-electron chi connectivity index (χ2n) is 4.68. The Labute approximate surface area is 131 Å². The van der Waals surface area contributed by atoms with Gasteiger partial charge in [0.05, 0.1) is 10.6 Å². The predicted octanol–water partition coefficient (Wildman–Crippen LogP) is 4.33. The average Bonchev–Trinajstić information content (AvgIpc) is 3.03. The van der Waals surface area contributed by atoms with E-state index in [1.165, 1.54) is 29.0 Å². The van der Waals surface area contributed by atoms with Crippen molar-refractivity contribution in [1.82, 2.24) is 4.98 Å². The molecular weight excluding hydrogens is 298 g/mol. The predicted molar refractivity (Wildman–Crippen MR) is 88.0 cm³/mol. The maximum atomic E-state index is 10.8. The average molecular weight is 311 g/mol. The van der Waals surface area contributed by atoms with Crippen molar-refractivity contribution in [2.24, 2.45) is 0 Å². The molecule has 1 heterocycles. The van der Waals surface area contributed by atoms with Gasteiger partial charge in [-0.3, -0.25) is 10.1 Å². The molecule has 22 heavy (non-hydrogen) atoms. The smallest absolute Gasteiger partial charge is 0.270 e. The number of thiazole rings is 1. The van der Waals surface area contributed by atoms with Gasteiger partial charge in [0.1, 0.15) is 0 Å². The SMILES string of the molecule is O=[N+]([O-])c1cccc(-c2csc(NCc3ccccc3)n2)c1. The molecule has 3 rings (SSSR count). The lowest BCUT2D eigenvalue weighted by atomic mass is 10.1. The van der Waals surface area contributed by atoms with Crippen molar-refractivity contribution in [3.8, 4) is 11.3 Å². The molecule has 0 amide bonds. The van der Waals surface area contributed by atoms with Crippen LogP contribution in [0.5, 0.6) is 0 Å². The number of rotatable bonds is 5. The van der Waals surface area contributed by atoms with E-state index in [0.29, 0.717) is 6.54 Å². The van der Waals surface area contributed by atoms with Crippen molar-refractivity contribution in [2.45, 2.75) is 6.54 Å². The Kier molecular flexibility index (Phi) is 4.11. The highest BCUT2D eigenvalue weighted by molar-refractivity contribution is 7.14. The number of hydrogen-bond acceptors (Lipinski definition) is 5. The first-order valence-corrected chi connectivity index (χ1v) is 7.58. The molecule has 0 bridgehead atoms. The minimum absolute atomic E-state index is 0.0734. The number of hydrogen-bond donors (Lipinski definition) is 1. The zero-order valence-corrected chi connectivity index (χ0v) is 12.4. The molecule has 2 aromatic carbocycles. The molecule has 3 aromatic rings. The van der Waals surface area contributed by atoms with Crippen LogP contribution in [0.3, 0.4) is 0 Å². The van der Waals surface area contributed by atoms with Gasteiger partial charge in [0.15, 0.2) is 5.13 Å². The Morgan fingerprint density at radius 2 is 1.95 bits per heavy atom. The van der Waals surface area contributed by atoms with Crippen LogP contribution in [0, 0.1) is 10.1 Å². The summed E-state index contributed by atoms with van der Waals surface area (Å²) in [6, 6.07) is 16.6. The molecule has 0 aliphatic rings. The maximum Gasteiger partial charge on any atom is 0.270 e. The van der Waals surface area contributed by atoms with Gasteiger partial charge in [0.25, 0.3) is 5.69 Å². The molecule has 5 nitrogen and oxygen atoms in total. The summed E-state index contributed by atoms with van der Waals surface area (Å²) in [6.45, 7) is 0.697. The summed E-state index contributed by atoms with van der Waals surface area (Å²) >= 11 is 1.49. The lowest BCUT2D eigenvalue weighted by Gasteiger charge is -2.02. The van der Waals surface area contributed by atoms with E-state index in [9.17, 15) is 10.1 Å². The molecule has 0 atom stereocenters. The number of non-ortho nitro benzene ring substituents is 1. The number of nitro groups is 1. The van der Waals surface area contributed by atoms with Crippen LogP contribution in [0.1, 0.15) is 5.56 Å². The van der Waals surface area contributed by atoms with Crippen molar-refractivity contribution < 1.29 is 4.92 Å². The third-order valence-electron chi connectivity index (χ3n) is 3.14. The fourth-order valence-corrected chi connectivity index (χ4v) is 2.76. The van der Waals surface area contributed by atoms with E-state index < -0.39 is 4.92 Å². The summed E-state index contributed by atoms with van der Waals surface area (Å²) in [4.78, 5) is 14.9. The third-order valence-corrected chi connectivity index (χ3v) is 3.94. The van der Waals surface area contributed by atoms with Crippen molar-refractivity contribution in [2.75, 3.05) is 5.32 Å². The zero-order valence-electron chi connectivity index (χ0n) is 11.6. The van der Waals surface area contributed by atoms with Crippen LogP contribution < -0.4 is 5.32 Å². The Bertz CT molecular complexity index is 787. The Morgan fingerprint density at radius 3 is 2.73 bits per heavy atom. The second-order valence-corrected chi connectivity index (χ2v) is 5.54. The summed E-state index contributed by atoms with van der Waals surface area (Å²) in [6.07, 6.45) is 0. The Balaban J connectivity index is 1.73. The van der Waals surface area contributed by atoms with E-state index in [2.05, 4.69) is 10.3 Å². The highest BCUT2D eigenvalue weighted by Crippen LogP contribution is 2.27. The van der Waals surface area contributed by atoms with Crippen LogP contribution >= 0.6 is 11.3 Å². The lowest BCUT2D eigenvalue weighted by molar-refractivity contribution is -0.384. The molecule has 0 aliphatic heterocycles. The van der Waals surface area contributed by atoms with Gasteiger partial charge in [-0.15, -0.1) is 11.3 Å². The van der Waals surface area contributed by atoms with Crippen molar-refractivity contribution in [1.29, 1.82) is 0 Å². The summed E-state index contributed by atoms with van der Waals surface area (Å²) in [5, 5.41) is 16.8. The highest BCUT2D eigenvalue weighted by Gasteiger charge is 2.09. The molecule has 0 aliphatic carbocycles. The van der Waals surface area contributed by atoms with E-state index >= 15 is 0 Å². The quantitative estimate of drug-likeness (QED) is 0.562. The monoisotopic (exact) mass is 311 g/mol. The van der Waals surface area contributed by atoms with E-state index in [0.717, 1.165) is 16.4 Å². The van der Waals surface area contributed by atoms with Crippen LogP contribution in [-0.2, 0) is 6.54 Å². The number of nitrogens with zero attached hydrogens (tertiary/aromatic N) is 2. The van der Waals surface area contributed by atoms with Gasteiger partial charge in [0, 0.05) is 29.6 Å². The minimum atomic E-state index is -0.398. The topological polar surface area (TPSA) is 68.1 Å². The second kappa shape index (κ2) is 6.36. The van der Waals surface area contributed by atoms with Gasteiger partial charge in [-0.05, 0) is 5.56 Å². The molecule has 0 fully saturated rings. The van der Waals surface area contributed by atoms with Crippen molar-refractivity contribution >= 4 is 22.2 Å². The summed E-state index contributed by atoms with van der Waals surface area (Å²) in [7, 11) is 0. The standard InChI is InChI=1S/C16H13N3O2S/c20-19(21)14-8-4-7-13(9-14)15-11-22-16(18-15)17-10-12-5-2-1-3-6-12/h1-9,11H,10H2,(H,17,18). The molecule has 0 saturated carbocycles. The highest BCUT2D eigenvalue weighted by atomic mass is 32.1. The molecular formula is C16H13N3O2S. The number of benzene rings is 2.